The van der Waals surface area contributed by atoms with Crippen LogP contribution in [0.2, 0.25) is 0 Å². The van der Waals surface area contributed by atoms with Gasteiger partial charge in [-0.3, -0.25) is 0 Å². The zero-order valence-corrected chi connectivity index (χ0v) is 9.97. The molecule has 0 saturated carbocycles. The van der Waals surface area contributed by atoms with Gasteiger partial charge in [-0.25, -0.2) is 4.79 Å². The topological polar surface area (TPSA) is 72.6 Å². The summed E-state index contributed by atoms with van der Waals surface area (Å²) in [5, 5.41) is 8.70. The Balaban J connectivity index is 0. The van der Waals surface area contributed by atoms with Crippen molar-refractivity contribution in [3.63, 3.8) is 0 Å². The average molecular weight is 223 g/mol. The lowest BCUT2D eigenvalue weighted by atomic mass is 10.3. The molecule has 14 heavy (non-hydrogen) atoms. The van der Waals surface area contributed by atoms with E-state index in [2.05, 4.69) is 24.3 Å². The van der Waals surface area contributed by atoms with Crippen LogP contribution in [-0.2, 0) is 4.74 Å². The predicted octanol–water partition coefficient (Wildman–Crippen LogP) is 1.96. The molecule has 0 aliphatic carbocycles. The summed E-state index contributed by atoms with van der Waals surface area (Å²) in [6.45, 7) is 6.22. The Morgan fingerprint density at radius 2 is 1.93 bits per heavy atom. The molecule has 0 saturated heterocycles. The Morgan fingerprint density at radius 1 is 1.43 bits per heavy atom. The largest absolute Gasteiger partial charge is 0.420 e. The molecule has 0 aromatic carbocycles. The fourth-order valence-electron chi connectivity index (χ4n) is 0.644. The highest BCUT2D eigenvalue weighted by Gasteiger charge is 2.04. The van der Waals surface area contributed by atoms with Gasteiger partial charge in [0.2, 0.25) is 6.29 Å². The Labute approximate surface area is 90.2 Å². The molecule has 86 valence electrons. The molecular weight excluding hydrogens is 202 g/mol. The van der Waals surface area contributed by atoms with Crippen molar-refractivity contribution in [2.45, 2.75) is 39.9 Å². The highest BCUT2D eigenvalue weighted by Crippen LogP contribution is 1.96. The quantitative estimate of drug-likeness (QED) is 0.699. The minimum Gasteiger partial charge on any atom is -0.420 e. The second kappa shape index (κ2) is 12.6. The monoisotopic (exact) mass is 223 g/mol. The third-order valence-corrected chi connectivity index (χ3v) is 2.01. The lowest BCUT2D eigenvalue weighted by Crippen LogP contribution is -2.21. The van der Waals surface area contributed by atoms with Crippen LogP contribution in [0.3, 0.4) is 0 Å². The van der Waals surface area contributed by atoms with Crippen molar-refractivity contribution in [3.8, 4) is 0 Å². The molecular formula is C9H21NO3S. The number of nitrogens with two attached hydrogens (primary N) is 1. The molecule has 1 amide bonds. The molecule has 0 fully saturated rings. The number of hydrogen-bond donors (Lipinski definition) is 2. The van der Waals surface area contributed by atoms with E-state index in [4.69, 9.17) is 5.11 Å². The minimum absolute atomic E-state index is 0.433. The number of aliphatic hydroxyl groups is 1. The molecule has 3 N–H and O–H groups in total. The van der Waals surface area contributed by atoms with Crippen LogP contribution in [0.5, 0.6) is 0 Å². The normalized spacial score (nSPS) is 11.1. The number of rotatable bonds is 5. The first-order chi connectivity index (χ1) is 6.58. The summed E-state index contributed by atoms with van der Waals surface area (Å²) >= 11 is 1.96. The standard InChI is InChI=1S/C5H11NO3.C4H10S/c1-2-3-4(7)9-5(6)8;1-3-5-4-2/h4,7H,2-3H2,1H3,(H2,6,8);3-4H2,1-2H3. The van der Waals surface area contributed by atoms with E-state index < -0.39 is 12.4 Å². The van der Waals surface area contributed by atoms with Crippen LogP contribution < -0.4 is 5.73 Å². The van der Waals surface area contributed by atoms with Gasteiger partial charge in [-0.2, -0.15) is 11.8 Å². The molecule has 0 aliphatic rings. The van der Waals surface area contributed by atoms with E-state index in [1.54, 1.807) is 0 Å². The first kappa shape index (κ1) is 16.0. The van der Waals surface area contributed by atoms with E-state index in [1.807, 2.05) is 18.7 Å². The second-order valence-corrected chi connectivity index (χ2v) is 4.02. The van der Waals surface area contributed by atoms with Gasteiger partial charge in [0, 0.05) is 6.42 Å². The summed E-state index contributed by atoms with van der Waals surface area (Å²) in [5.74, 6) is 2.52. The first-order valence-electron chi connectivity index (χ1n) is 4.80. The van der Waals surface area contributed by atoms with Crippen molar-refractivity contribution in [1.82, 2.24) is 0 Å². The molecule has 0 aromatic heterocycles. The maximum Gasteiger partial charge on any atom is 0.406 e. The number of carbonyl (C=O) groups excluding carboxylic acids is 1. The van der Waals surface area contributed by atoms with Crippen molar-refractivity contribution in [2.24, 2.45) is 5.73 Å². The van der Waals surface area contributed by atoms with Gasteiger partial charge < -0.3 is 15.6 Å². The zero-order chi connectivity index (χ0) is 11.4. The molecule has 0 radical (unpaired) electrons. The zero-order valence-electron chi connectivity index (χ0n) is 9.16. The number of aliphatic hydroxyl groups excluding tert-OH is 1. The molecule has 1 atom stereocenters. The number of primary amides is 1. The van der Waals surface area contributed by atoms with Gasteiger partial charge in [0.25, 0.3) is 0 Å². The van der Waals surface area contributed by atoms with Gasteiger partial charge in [0.05, 0.1) is 0 Å². The fourth-order valence-corrected chi connectivity index (χ4v) is 1.05. The second-order valence-electron chi connectivity index (χ2n) is 2.46. The van der Waals surface area contributed by atoms with E-state index in [9.17, 15) is 4.79 Å². The summed E-state index contributed by atoms with van der Waals surface area (Å²) in [4.78, 5) is 9.92. The highest BCUT2D eigenvalue weighted by molar-refractivity contribution is 7.99. The maximum absolute atomic E-state index is 9.92. The number of hydrogen-bond acceptors (Lipinski definition) is 4. The van der Waals surface area contributed by atoms with Gasteiger partial charge in [-0.05, 0) is 11.5 Å². The van der Waals surface area contributed by atoms with Crippen LogP contribution in [0.25, 0.3) is 0 Å². The molecule has 0 rings (SSSR count). The number of thioether (sulfide) groups is 1. The van der Waals surface area contributed by atoms with Crippen molar-refractivity contribution < 1.29 is 14.6 Å². The Morgan fingerprint density at radius 3 is 2.14 bits per heavy atom. The van der Waals surface area contributed by atoms with E-state index >= 15 is 0 Å². The first-order valence-corrected chi connectivity index (χ1v) is 5.95. The third kappa shape index (κ3) is 17.6. The summed E-state index contributed by atoms with van der Waals surface area (Å²) in [6.07, 6.45) is -0.777. The van der Waals surface area contributed by atoms with Crippen LogP contribution in [0, 0.1) is 0 Å². The van der Waals surface area contributed by atoms with E-state index in [1.165, 1.54) is 11.5 Å². The lowest BCUT2D eigenvalue weighted by Gasteiger charge is -2.06. The summed E-state index contributed by atoms with van der Waals surface area (Å²) < 4.78 is 4.19. The summed E-state index contributed by atoms with van der Waals surface area (Å²) in [7, 11) is 0. The fraction of sp³-hybridized carbons (Fsp3) is 0.889. The van der Waals surface area contributed by atoms with Gasteiger partial charge in [0.15, 0.2) is 0 Å². The molecule has 1 unspecified atom stereocenters. The molecule has 0 aromatic rings. The van der Waals surface area contributed by atoms with Crippen molar-refractivity contribution in [2.75, 3.05) is 11.5 Å². The van der Waals surface area contributed by atoms with E-state index in [0.717, 1.165) is 6.42 Å². The number of amides is 1. The Hall–Kier alpha value is -0.420. The van der Waals surface area contributed by atoms with Crippen molar-refractivity contribution in [3.05, 3.63) is 0 Å². The molecule has 0 aliphatic heterocycles. The molecule has 0 heterocycles. The highest BCUT2D eigenvalue weighted by atomic mass is 32.2. The average Bonchev–Trinajstić information content (AvgIpc) is 2.05. The molecule has 5 heteroatoms. The summed E-state index contributed by atoms with van der Waals surface area (Å²) in [6, 6.07) is 0. The van der Waals surface area contributed by atoms with Crippen molar-refractivity contribution >= 4 is 17.9 Å². The van der Waals surface area contributed by atoms with Crippen LogP contribution in [-0.4, -0.2) is 29.0 Å². The van der Waals surface area contributed by atoms with Crippen LogP contribution in [0.1, 0.15) is 33.6 Å². The molecule has 0 spiro atoms. The Kier molecular flexibility index (Phi) is 14.4. The maximum atomic E-state index is 9.92. The SMILES string of the molecule is CCCC(O)OC(N)=O.CCSCC. The van der Waals surface area contributed by atoms with E-state index in [-0.39, 0.29) is 0 Å². The van der Waals surface area contributed by atoms with Gasteiger partial charge >= 0.3 is 6.09 Å². The Bertz CT molecular complexity index is 131. The van der Waals surface area contributed by atoms with Gasteiger partial charge in [-0.1, -0.05) is 27.2 Å². The summed E-state index contributed by atoms with van der Waals surface area (Å²) in [5.41, 5.74) is 4.60. The third-order valence-electron chi connectivity index (χ3n) is 1.20. The molecule has 0 bridgehead atoms. The van der Waals surface area contributed by atoms with Crippen LogP contribution >= 0.6 is 11.8 Å². The predicted molar refractivity (Wildman–Crippen MR) is 60.3 cm³/mol. The number of carbonyl (C=O) groups is 1. The van der Waals surface area contributed by atoms with Crippen LogP contribution in [0.4, 0.5) is 4.79 Å². The van der Waals surface area contributed by atoms with E-state index in [0.29, 0.717) is 6.42 Å². The van der Waals surface area contributed by atoms with Gasteiger partial charge in [0.1, 0.15) is 0 Å². The van der Waals surface area contributed by atoms with Crippen LogP contribution in [0.15, 0.2) is 0 Å². The molecule has 4 nitrogen and oxygen atoms in total. The smallest absolute Gasteiger partial charge is 0.406 e. The number of ether oxygens (including phenoxy) is 1. The van der Waals surface area contributed by atoms with Crippen molar-refractivity contribution in [1.29, 1.82) is 0 Å². The minimum atomic E-state index is -1.03. The van der Waals surface area contributed by atoms with Gasteiger partial charge in [-0.15, -0.1) is 0 Å². The lowest BCUT2D eigenvalue weighted by molar-refractivity contribution is -0.0532.